The Hall–Kier alpha value is -2.36. The van der Waals surface area contributed by atoms with Crippen LogP contribution in [0.5, 0.6) is 0 Å². The number of aliphatic hydroxyl groups excluding tert-OH is 1. The minimum absolute atomic E-state index is 0.00704. The van der Waals surface area contributed by atoms with Crippen LogP contribution in [0.2, 0.25) is 0 Å². The minimum atomic E-state index is -0.815. The fraction of sp³-hybridized carbons (Fsp3) is 0.464. The molecule has 3 saturated heterocycles. The fourth-order valence-corrected chi connectivity index (χ4v) is 9.88. The Morgan fingerprint density at radius 1 is 1.11 bits per heavy atom. The number of benzene rings is 2. The first kappa shape index (κ1) is 26.3. The Kier molecular flexibility index (Phi) is 7.65. The zero-order chi connectivity index (χ0) is 26.2. The van der Waals surface area contributed by atoms with Gasteiger partial charge in [0.15, 0.2) is 0 Å². The van der Waals surface area contributed by atoms with Gasteiger partial charge in [-0.25, -0.2) is 0 Å². The number of amides is 3. The molecule has 0 aromatic heterocycles. The van der Waals surface area contributed by atoms with Gasteiger partial charge in [0.2, 0.25) is 17.7 Å². The normalized spacial score (nSPS) is 30.7. The first-order chi connectivity index (χ1) is 17.9. The lowest BCUT2D eigenvalue weighted by Gasteiger charge is -2.37. The molecule has 0 radical (unpaired) electrons. The smallest absolute Gasteiger partial charge is 0.244 e. The van der Waals surface area contributed by atoms with E-state index in [4.69, 9.17) is 0 Å². The number of carbonyl (C=O) groups is 3. The molecule has 3 amide bonds. The monoisotopic (exact) mass is 585 g/mol. The number of carbonyl (C=O) groups excluding carboxylic acids is 3. The van der Waals surface area contributed by atoms with E-state index in [2.05, 4.69) is 26.6 Å². The van der Waals surface area contributed by atoms with E-state index in [1.165, 1.54) is 0 Å². The third-order valence-electron chi connectivity index (χ3n) is 7.83. The Morgan fingerprint density at radius 3 is 2.43 bits per heavy atom. The summed E-state index contributed by atoms with van der Waals surface area (Å²) in [5.41, 5.74) is 1.72. The van der Waals surface area contributed by atoms with E-state index in [9.17, 15) is 19.5 Å². The van der Waals surface area contributed by atoms with Crippen molar-refractivity contribution in [1.29, 1.82) is 0 Å². The number of rotatable bonds is 9. The van der Waals surface area contributed by atoms with E-state index >= 15 is 0 Å². The zero-order valence-electron chi connectivity index (χ0n) is 20.7. The molecule has 2 aromatic carbocycles. The maximum atomic E-state index is 14.3. The molecule has 7 nitrogen and oxygen atoms in total. The summed E-state index contributed by atoms with van der Waals surface area (Å²) in [4.78, 5) is 43.2. The van der Waals surface area contributed by atoms with Crippen LogP contribution < -0.4 is 10.6 Å². The molecule has 3 aliphatic heterocycles. The molecule has 3 fully saturated rings. The maximum Gasteiger partial charge on any atom is 0.244 e. The maximum absolute atomic E-state index is 14.3. The Labute approximate surface area is 229 Å². The highest BCUT2D eigenvalue weighted by Crippen LogP contribution is 2.68. The highest BCUT2D eigenvalue weighted by molar-refractivity contribution is 9.09. The van der Waals surface area contributed by atoms with Crippen LogP contribution in [0.25, 0.3) is 0 Å². The molecule has 37 heavy (non-hydrogen) atoms. The lowest BCUT2D eigenvalue weighted by atomic mass is 9.70. The second-order valence-corrected chi connectivity index (χ2v) is 12.7. The lowest BCUT2D eigenvalue weighted by molar-refractivity contribution is -0.143. The van der Waals surface area contributed by atoms with Crippen molar-refractivity contribution in [3.05, 3.63) is 71.8 Å². The lowest BCUT2D eigenvalue weighted by Crippen LogP contribution is -2.55. The van der Waals surface area contributed by atoms with E-state index in [1.54, 1.807) is 16.7 Å². The van der Waals surface area contributed by atoms with Gasteiger partial charge >= 0.3 is 0 Å². The number of hydrogen-bond donors (Lipinski definition) is 3. The van der Waals surface area contributed by atoms with Crippen LogP contribution in [0.3, 0.4) is 0 Å². The molecule has 196 valence electrons. The minimum Gasteiger partial charge on any atom is -0.394 e. The molecule has 0 saturated carbocycles. The quantitative estimate of drug-likeness (QED) is 0.393. The summed E-state index contributed by atoms with van der Waals surface area (Å²) in [6, 6.07) is 17.5. The van der Waals surface area contributed by atoms with Crippen LogP contribution in [0.4, 0.5) is 0 Å². The molecule has 3 unspecified atom stereocenters. The SMILES string of the molecule is CCCNC(=O)[C@H]1[C@H]2C(=O)N([C@H](CO)c3ccccc3)C(C(=O)NCc3ccccc3)C23CC(Br)[C@@H]1S3. The Bertz CT molecular complexity index is 1150. The van der Waals surface area contributed by atoms with Crippen molar-refractivity contribution in [1.82, 2.24) is 15.5 Å². The molecule has 1 spiro atoms. The number of nitrogens with one attached hydrogen (secondary N) is 2. The van der Waals surface area contributed by atoms with Gasteiger partial charge in [-0.05, 0) is 24.0 Å². The van der Waals surface area contributed by atoms with Crippen LogP contribution >= 0.6 is 27.7 Å². The number of alkyl halides is 1. The number of halogens is 1. The molecule has 3 heterocycles. The molecule has 2 aromatic rings. The molecular formula is C28H32BrN3O4S. The first-order valence-electron chi connectivity index (χ1n) is 12.8. The zero-order valence-corrected chi connectivity index (χ0v) is 23.1. The highest BCUT2D eigenvalue weighted by Gasteiger charge is 2.76. The molecule has 7 atom stereocenters. The molecule has 2 bridgehead atoms. The van der Waals surface area contributed by atoms with Crippen molar-refractivity contribution >= 4 is 45.4 Å². The molecule has 5 rings (SSSR count). The topological polar surface area (TPSA) is 98.7 Å². The van der Waals surface area contributed by atoms with Gasteiger partial charge in [0.25, 0.3) is 0 Å². The average molecular weight is 587 g/mol. The highest BCUT2D eigenvalue weighted by atomic mass is 79.9. The number of thioether (sulfide) groups is 1. The predicted octanol–water partition coefficient (Wildman–Crippen LogP) is 3.03. The van der Waals surface area contributed by atoms with Crippen molar-refractivity contribution < 1.29 is 19.5 Å². The fourth-order valence-electron chi connectivity index (χ4n) is 6.28. The molecular weight excluding hydrogens is 554 g/mol. The molecule has 3 N–H and O–H groups in total. The molecule has 0 aliphatic carbocycles. The van der Waals surface area contributed by atoms with Crippen LogP contribution in [-0.4, -0.2) is 61.7 Å². The third kappa shape index (κ3) is 4.49. The summed E-state index contributed by atoms with van der Waals surface area (Å²) >= 11 is 5.39. The number of nitrogens with zero attached hydrogens (tertiary/aromatic N) is 1. The first-order valence-corrected chi connectivity index (χ1v) is 14.6. The number of fused-ring (bicyclic) bond motifs is 1. The molecule has 9 heteroatoms. The summed E-state index contributed by atoms with van der Waals surface area (Å²) in [5, 5.41) is 16.5. The van der Waals surface area contributed by atoms with Crippen LogP contribution in [0.1, 0.15) is 36.9 Å². The van der Waals surface area contributed by atoms with Crippen molar-refractivity contribution in [2.45, 2.75) is 53.2 Å². The van der Waals surface area contributed by atoms with Crippen molar-refractivity contribution in [2.75, 3.05) is 13.2 Å². The summed E-state index contributed by atoms with van der Waals surface area (Å²) in [6.07, 6.45) is 1.40. The standard InChI is InChI=1S/C28H32BrN3O4S/c1-2-13-30-25(34)21-22-27(36)32(20(16-33)18-11-7-4-8-12-18)24(28(22)14-19(29)23(21)37-28)26(35)31-15-17-9-5-3-6-10-17/h3-12,19-24,33H,2,13-16H2,1H3,(H,30,34)(H,31,35)/t19?,20-,21+,22+,23+,24?,28?/m1/s1. The number of hydrogen-bond acceptors (Lipinski definition) is 5. The van der Waals surface area contributed by atoms with Crippen molar-refractivity contribution in [3.63, 3.8) is 0 Å². The van der Waals surface area contributed by atoms with Gasteiger partial charge in [-0.15, -0.1) is 11.8 Å². The van der Waals surface area contributed by atoms with Crippen molar-refractivity contribution in [2.24, 2.45) is 11.8 Å². The van der Waals surface area contributed by atoms with Crippen LogP contribution in [0.15, 0.2) is 60.7 Å². The van der Waals surface area contributed by atoms with Gasteiger partial charge in [0.05, 0.1) is 29.2 Å². The summed E-state index contributed by atoms with van der Waals surface area (Å²) in [5.74, 6) is -1.77. The summed E-state index contributed by atoms with van der Waals surface area (Å²) in [6.45, 7) is 2.55. The van der Waals surface area contributed by atoms with Gasteiger partial charge in [-0.1, -0.05) is 83.5 Å². The number of aliphatic hydroxyl groups is 1. The Balaban J connectivity index is 1.54. The predicted molar refractivity (Wildman–Crippen MR) is 147 cm³/mol. The number of likely N-dealkylation sites (tertiary alicyclic amines) is 1. The van der Waals surface area contributed by atoms with E-state index < -0.39 is 28.7 Å². The summed E-state index contributed by atoms with van der Waals surface area (Å²) in [7, 11) is 0. The van der Waals surface area contributed by atoms with Crippen molar-refractivity contribution in [3.8, 4) is 0 Å². The van der Waals surface area contributed by atoms with E-state index in [0.717, 1.165) is 17.5 Å². The van der Waals surface area contributed by atoms with Gasteiger partial charge in [0.1, 0.15) is 6.04 Å². The van der Waals surface area contributed by atoms with Gasteiger partial charge in [0, 0.05) is 23.2 Å². The second kappa shape index (κ2) is 10.8. The third-order valence-corrected chi connectivity index (χ3v) is 11.0. The van der Waals surface area contributed by atoms with E-state index in [0.29, 0.717) is 19.5 Å². The van der Waals surface area contributed by atoms with E-state index in [-0.39, 0.29) is 34.4 Å². The van der Waals surface area contributed by atoms with Crippen LogP contribution in [0, 0.1) is 11.8 Å². The average Bonchev–Trinajstić information content (AvgIpc) is 3.51. The largest absolute Gasteiger partial charge is 0.394 e. The second-order valence-electron chi connectivity index (χ2n) is 10.0. The molecule has 3 aliphatic rings. The van der Waals surface area contributed by atoms with Crippen LogP contribution in [-0.2, 0) is 20.9 Å². The Morgan fingerprint density at radius 2 is 1.78 bits per heavy atom. The van der Waals surface area contributed by atoms with E-state index in [1.807, 2.05) is 67.6 Å². The van der Waals surface area contributed by atoms with Gasteiger partial charge in [-0.2, -0.15) is 0 Å². The summed E-state index contributed by atoms with van der Waals surface area (Å²) < 4.78 is -0.757. The van der Waals surface area contributed by atoms with Gasteiger partial charge in [-0.3, -0.25) is 14.4 Å². The van der Waals surface area contributed by atoms with Gasteiger partial charge < -0.3 is 20.6 Å².